The van der Waals surface area contributed by atoms with Crippen LogP contribution in [-0.4, -0.2) is 63.6 Å². The van der Waals surface area contributed by atoms with Gasteiger partial charge in [-0.05, 0) is 38.5 Å². The van der Waals surface area contributed by atoms with Crippen LogP contribution in [0.25, 0.3) is 0 Å². The molecule has 7 nitrogen and oxygen atoms in total. The fourth-order valence-electron chi connectivity index (χ4n) is 4.15. The fraction of sp³-hybridized carbons (Fsp3) is 0.833. The van der Waals surface area contributed by atoms with Crippen molar-refractivity contribution in [1.29, 1.82) is 0 Å². The molecule has 1 aliphatic carbocycles. The van der Waals surface area contributed by atoms with Crippen molar-refractivity contribution in [3.05, 3.63) is 5.82 Å². The van der Waals surface area contributed by atoms with Crippen LogP contribution in [0.15, 0.2) is 0 Å². The Morgan fingerprint density at radius 3 is 1.52 bits per heavy atom. The maximum Gasteiger partial charge on any atom is 0.230 e. The molecule has 1 aromatic rings. The minimum atomic E-state index is -0.199. The van der Waals surface area contributed by atoms with Gasteiger partial charge in [-0.3, -0.25) is 0 Å². The van der Waals surface area contributed by atoms with E-state index in [1.54, 1.807) is 0 Å². The zero-order chi connectivity index (χ0) is 17.2. The van der Waals surface area contributed by atoms with E-state index >= 15 is 0 Å². The Labute approximate surface area is 149 Å². The monoisotopic (exact) mass is 347 g/mol. The third kappa shape index (κ3) is 3.87. The van der Waals surface area contributed by atoms with Gasteiger partial charge in [0.15, 0.2) is 0 Å². The summed E-state index contributed by atoms with van der Waals surface area (Å²) in [5, 5.41) is 19.5. The zero-order valence-electron chi connectivity index (χ0n) is 14.8. The average molecular weight is 347 g/mol. The third-order valence-corrected chi connectivity index (χ3v) is 5.84. The number of nitrogens with zero attached hydrogens (tertiary/aromatic N) is 5. The van der Waals surface area contributed by atoms with E-state index in [1.165, 1.54) is 25.7 Å². The van der Waals surface area contributed by atoms with Gasteiger partial charge in [0.05, 0.1) is 12.2 Å². The summed E-state index contributed by atoms with van der Waals surface area (Å²) in [6.45, 7) is 3.20. The second kappa shape index (κ2) is 7.41. The normalized spacial score (nSPS) is 24.2. The molecular formula is C18H29N5O2. The van der Waals surface area contributed by atoms with Crippen LogP contribution in [0.4, 0.5) is 11.9 Å². The largest absolute Gasteiger partial charge is 0.393 e. The van der Waals surface area contributed by atoms with Crippen LogP contribution >= 0.6 is 0 Å². The molecule has 2 N–H and O–H groups in total. The molecule has 25 heavy (non-hydrogen) atoms. The minimum Gasteiger partial charge on any atom is -0.393 e. The van der Waals surface area contributed by atoms with E-state index in [2.05, 4.69) is 9.80 Å². The van der Waals surface area contributed by atoms with Gasteiger partial charge in [-0.1, -0.05) is 12.8 Å². The van der Waals surface area contributed by atoms with Gasteiger partial charge in [0.2, 0.25) is 11.9 Å². The molecule has 0 bridgehead atoms. The molecule has 3 heterocycles. The van der Waals surface area contributed by atoms with Crippen LogP contribution in [0.1, 0.15) is 63.1 Å². The average Bonchev–Trinajstić information content (AvgIpc) is 3.17. The highest BCUT2D eigenvalue weighted by Gasteiger charge is 2.27. The van der Waals surface area contributed by atoms with Gasteiger partial charge in [-0.2, -0.15) is 15.0 Å². The molecule has 0 amide bonds. The van der Waals surface area contributed by atoms with Crippen molar-refractivity contribution in [2.24, 2.45) is 0 Å². The number of aromatic nitrogens is 3. The summed E-state index contributed by atoms with van der Waals surface area (Å²) in [4.78, 5) is 18.8. The van der Waals surface area contributed by atoms with Crippen molar-refractivity contribution in [1.82, 2.24) is 15.0 Å². The Balaban J connectivity index is 1.60. The number of hydrogen-bond donors (Lipinski definition) is 2. The van der Waals surface area contributed by atoms with Crippen molar-refractivity contribution in [2.45, 2.75) is 69.5 Å². The molecule has 1 aromatic heterocycles. The molecule has 0 unspecified atom stereocenters. The molecule has 0 radical (unpaired) electrons. The smallest absolute Gasteiger partial charge is 0.230 e. The maximum atomic E-state index is 9.77. The summed E-state index contributed by atoms with van der Waals surface area (Å²) in [5.74, 6) is 2.93. The van der Waals surface area contributed by atoms with Gasteiger partial charge in [0.1, 0.15) is 5.82 Å². The summed E-state index contributed by atoms with van der Waals surface area (Å²) in [6.07, 6.45) is 7.54. The number of rotatable bonds is 3. The lowest BCUT2D eigenvalue weighted by Gasteiger charge is -2.33. The summed E-state index contributed by atoms with van der Waals surface area (Å²) in [6, 6.07) is 0. The maximum absolute atomic E-state index is 9.77. The summed E-state index contributed by atoms with van der Waals surface area (Å²) >= 11 is 0. The number of aliphatic hydroxyl groups excluding tert-OH is 2. The lowest BCUT2D eigenvalue weighted by atomic mass is 10.1. The van der Waals surface area contributed by atoms with Crippen molar-refractivity contribution in [3.63, 3.8) is 0 Å². The standard InChI is InChI=1S/C18H29N5O2/c24-14-5-9-22(10-6-14)17-19-16(13-3-1-2-4-13)20-18(21-17)23-11-7-15(25)8-12-23/h13-15,24-25H,1-12H2. The molecule has 7 heteroatoms. The van der Waals surface area contributed by atoms with E-state index in [1.807, 2.05) is 0 Å². The molecule has 3 aliphatic rings. The Hall–Kier alpha value is -1.47. The molecule has 138 valence electrons. The van der Waals surface area contributed by atoms with E-state index in [0.717, 1.165) is 69.6 Å². The molecule has 1 saturated carbocycles. The number of piperidine rings is 2. The summed E-state index contributed by atoms with van der Waals surface area (Å²) in [5.41, 5.74) is 0. The minimum absolute atomic E-state index is 0.199. The second-order valence-corrected chi connectivity index (χ2v) is 7.71. The predicted molar refractivity (Wildman–Crippen MR) is 95.9 cm³/mol. The molecule has 0 atom stereocenters. The van der Waals surface area contributed by atoms with Crippen LogP contribution in [0, 0.1) is 0 Å². The SMILES string of the molecule is OC1CCN(c2nc(C3CCCC3)nc(N3CCC(O)CC3)n2)CC1. The number of hydrogen-bond acceptors (Lipinski definition) is 7. The van der Waals surface area contributed by atoms with Gasteiger partial charge >= 0.3 is 0 Å². The quantitative estimate of drug-likeness (QED) is 0.856. The molecule has 0 spiro atoms. The van der Waals surface area contributed by atoms with E-state index in [0.29, 0.717) is 5.92 Å². The summed E-state index contributed by atoms with van der Waals surface area (Å²) < 4.78 is 0. The van der Waals surface area contributed by atoms with E-state index in [-0.39, 0.29) is 12.2 Å². The highest BCUT2D eigenvalue weighted by atomic mass is 16.3. The van der Waals surface area contributed by atoms with Gasteiger partial charge < -0.3 is 20.0 Å². The van der Waals surface area contributed by atoms with Crippen LogP contribution in [0.5, 0.6) is 0 Å². The number of aliphatic hydroxyl groups is 2. The predicted octanol–water partition coefficient (Wildman–Crippen LogP) is 1.45. The second-order valence-electron chi connectivity index (χ2n) is 7.71. The van der Waals surface area contributed by atoms with Crippen molar-refractivity contribution < 1.29 is 10.2 Å². The first-order valence-corrected chi connectivity index (χ1v) is 9.81. The van der Waals surface area contributed by atoms with Gasteiger partial charge in [0.25, 0.3) is 0 Å². The topological polar surface area (TPSA) is 85.6 Å². The Kier molecular flexibility index (Phi) is 5.03. The molecule has 2 saturated heterocycles. The Bertz CT molecular complexity index is 537. The lowest BCUT2D eigenvalue weighted by molar-refractivity contribution is 0.144. The van der Waals surface area contributed by atoms with Crippen molar-refractivity contribution in [3.8, 4) is 0 Å². The van der Waals surface area contributed by atoms with Gasteiger partial charge in [-0.25, -0.2) is 0 Å². The fourth-order valence-corrected chi connectivity index (χ4v) is 4.15. The molecular weight excluding hydrogens is 318 g/mol. The zero-order valence-corrected chi connectivity index (χ0v) is 14.8. The molecule has 3 fully saturated rings. The summed E-state index contributed by atoms with van der Waals surface area (Å²) in [7, 11) is 0. The van der Waals surface area contributed by atoms with Gasteiger partial charge in [0, 0.05) is 32.1 Å². The van der Waals surface area contributed by atoms with E-state index in [4.69, 9.17) is 15.0 Å². The first kappa shape index (κ1) is 17.0. The van der Waals surface area contributed by atoms with Crippen molar-refractivity contribution >= 4 is 11.9 Å². The Morgan fingerprint density at radius 1 is 0.640 bits per heavy atom. The highest BCUT2D eigenvalue weighted by Crippen LogP contribution is 2.34. The molecule has 4 rings (SSSR count). The first-order chi connectivity index (χ1) is 12.2. The Morgan fingerprint density at radius 2 is 1.08 bits per heavy atom. The molecule has 2 aliphatic heterocycles. The molecule has 0 aromatic carbocycles. The first-order valence-electron chi connectivity index (χ1n) is 9.81. The van der Waals surface area contributed by atoms with Crippen LogP contribution in [0.2, 0.25) is 0 Å². The van der Waals surface area contributed by atoms with E-state index in [9.17, 15) is 10.2 Å². The van der Waals surface area contributed by atoms with Crippen molar-refractivity contribution in [2.75, 3.05) is 36.0 Å². The number of anilines is 2. The third-order valence-electron chi connectivity index (χ3n) is 5.84. The lowest BCUT2D eigenvalue weighted by Crippen LogP contribution is -2.39. The van der Waals surface area contributed by atoms with Gasteiger partial charge in [-0.15, -0.1) is 0 Å². The van der Waals surface area contributed by atoms with Crippen LogP contribution in [0.3, 0.4) is 0 Å². The highest BCUT2D eigenvalue weighted by molar-refractivity contribution is 5.40. The van der Waals surface area contributed by atoms with Crippen LogP contribution < -0.4 is 9.80 Å². The van der Waals surface area contributed by atoms with Crippen LogP contribution in [-0.2, 0) is 0 Å². The van der Waals surface area contributed by atoms with E-state index < -0.39 is 0 Å².